The lowest BCUT2D eigenvalue weighted by atomic mass is 9.94. The summed E-state index contributed by atoms with van der Waals surface area (Å²) >= 11 is 0. The van der Waals surface area contributed by atoms with Crippen molar-refractivity contribution in [2.45, 2.75) is 25.7 Å². The highest BCUT2D eigenvalue weighted by Crippen LogP contribution is 2.26. The van der Waals surface area contributed by atoms with E-state index >= 15 is 0 Å². The van der Waals surface area contributed by atoms with Gasteiger partial charge in [-0.05, 0) is 38.0 Å². The summed E-state index contributed by atoms with van der Waals surface area (Å²) < 4.78 is 5.25. The summed E-state index contributed by atoms with van der Waals surface area (Å²) in [7, 11) is 0. The van der Waals surface area contributed by atoms with E-state index in [4.69, 9.17) is 4.74 Å². The first-order chi connectivity index (χ1) is 12.3. The van der Waals surface area contributed by atoms with Crippen molar-refractivity contribution in [2.75, 3.05) is 31.6 Å². The van der Waals surface area contributed by atoms with Gasteiger partial charge >= 0.3 is 0 Å². The van der Waals surface area contributed by atoms with Crippen molar-refractivity contribution in [3.05, 3.63) is 48.3 Å². The Morgan fingerprint density at radius 2 is 2.16 bits per heavy atom. The van der Waals surface area contributed by atoms with Crippen LogP contribution in [-0.4, -0.2) is 47.1 Å². The lowest BCUT2D eigenvalue weighted by Crippen LogP contribution is -2.41. The maximum Gasteiger partial charge on any atom is 0.248 e. The number of likely N-dealkylation sites (tertiary alicyclic amines) is 1. The molecule has 1 saturated heterocycles. The lowest BCUT2D eigenvalue weighted by Gasteiger charge is -2.32. The zero-order valence-corrected chi connectivity index (χ0v) is 14.5. The summed E-state index contributed by atoms with van der Waals surface area (Å²) in [4.78, 5) is 23.0. The third-order valence-electron chi connectivity index (χ3n) is 4.33. The summed E-state index contributed by atoms with van der Waals surface area (Å²) in [5.41, 5.74) is 1.93. The molecule has 1 fully saturated rings. The summed E-state index contributed by atoms with van der Waals surface area (Å²) in [6.07, 6.45) is 3.78. The number of piperidine rings is 1. The first-order valence-corrected chi connectivity index (χ1v) is 8.77. The van der Waals surface area contributed by atoms with Gasteiger partial charge in [0.1, 0.15) is 6.61 Å². The number of aromatic nitrogens is 2. The first kappa shape index (κ1) is 17.4. The summed E-state index contributed by atoms with van der Waals surface area (Å²) in [6, 6.07) is 11.8. The van der Waals surface area contributed by atoms with Gasteiger partial charge in [-0.1, -0.05) is 18.2 Å². The topological polar surface area (TPSA) is 67.3 Å². The van der Waals surface area contributed by atoms with Crippen molar-refractivity contribution < 1.29 is 9.53 Å². The third-order valence-corrected chi connectivity index (χ3v) is 4.33. The molecule has 25 heavy (non-hydrogen) atoms. The average Bonchev–Trinajstić information content (AvgIpc) is 2.67. The average molecular weight is 340 g/mol. The number of anilines is 2. The van der Waals surface area contributed by atoms with E-state index in [0.717, 1.165) is 30.8 Å². The highest BCUT2D eigenvalue weighted by molar-refractivity contribution is 5.77. The molecule has 1 aliphatic rings. The van der Waals surface area contributed by atoms with Gasteiger partial charge in [-0.15, -0.1) is 0 Å². The van der Waals surface area contributed by atoms with Crippen LogP contribution >= 0.6 is 0 Å². The van der Waals surface area contributed by atoms with Gasteiger partial charge in [-0.25, -0.2) is 9.97 Å². The number of carbonyl (C=O) groups excluding carboxylic acids is 1. The van der Waals surface area contributed by atoms with Crippen LogP contribution in [0.4, 0.5) is 11.6 Å². The molecular weight excluding hydrogens is 316 g/mol. The van der Waals surface area contributed by atoms with Crippen LogP contribution in [0.1, 0.15) is 31.4 Å². The molecule has 2 aromatic rings. The van der Waals surface area contributed by atoms with E-state index in [-0.39, 0.29) is 18.4 Å². The number of carbonyl (C=O) groups is 1. The van der Waals surface area contributed by atoms with Gasteiger partial charge in [0.25, 0.3) is 0 Å². The van der Waals surface area contributed by atoms with Gasteiger partial charge in [-0.3, -0.25) is 4.79 Å². The Kier molecular flexibility index (Phi) is 5.95. The van der Waals surface area contributed by atoms with Crippen LogP contribution < -0.4 is 5.32 Å². The van der Waals surface area contributed by atoms with Crippen LogP contribution in [0.25, 0.3) is 0 Å². The fraction of sp³-hybridized carbons (Fsp3) is 0.421. The van der Waals surface area contributed by atoms with Gasteiger partial charge in [0.15, 0.2) is 0 Å². The third kappa shape index (κ3) is 4.76. The van der Waals surface area contributed by atoms with Gasteiger partial charge < -0.3 is 15.0 Å². The number of hydrogen-bond acceptors (Lipinski definition) is 5. The highest BCUT2D eigenvalue weighted by Gasteiger charge is 2.25. The van der Waals surface area contributed by atoms with Crippen molar-refractivity contribution >= 4 is 17.5 Å². The largest absolute Gasteiger partial charge is 0.372 e. The molecule has 0 saturated carbocycles. The number of ether oxygens (including phenoxy) is 1. The molecule has 3 rings (SSSR count). The molecule has 0 bridgehead atoms. The highest BCUT2D eigenvalue weighted by atomic mass is 16.5. The fourth-order valence-corrected chi connectivity index (χ4v) is 3.04. The number of nitrogens with zero attached hydrogens (tertiary/aromatic N) is 3. The maximum absolute atomic E-state index is 12.2. The normalized spacial score (nSPS) is 17.3. The van der Waals surface area contributed by atoms with Crippen molar-refractivity contribution in [1.82, 2.24) is 14.9 Å². The second kappa shape index (κ2) is 8.58. The van der Waals surface area contributed by atoms with E-state index < -0.39 is 0 Å². The van der Waals surface area contributed by atoms with E-state index in [1.165, 1.54) is 0 Å². The minimum absolute atomic E-state index is 0.0586. The van der Waals surface area contributed by atoms with Crippen molar-refractivity contribution in [2.24, 2.45) is 0 Å². The Morgan fingerprint density at radius 3 is 2.96 bits per heavy atom. The molecule has 1 N–H and O–H groups in total. The Morgan fingerprint density at radius 1 is 1.32 bits per heavy atom. The zero-order valence-electron chi connectivity index (χ0n) is 14.5. The quantitative estimate of drug-likeness (QED) is 0.876. The molecule has 0 aliphatic carbocycles. The molecular formula is C19H24N4O2. The van der Waals surface area contributed by atoms with Crippen molar-refractivity contribution in [3.63, 3.8) is 0 Å². The predicted octanol–water partition coefficient (Wildman–Crippen LogP) is 2.96. The fourth-order valence-electron chi connectivity index (χ4n) is 3.04. The van der Waals surface area contributed by atoms with Crippen LogP contribution in [0.15, 0.2) is 42.6 Å². The molecule has 132 valence electrons. The molecule has 1 amide bonds. The van der Waals surface area contributed by atoms with Crippen LogP contribution in [0.2, 0.25) is 0 Å². The van der Waals surface area contributed by atoms with Gasteiger partial charge in [0.05, 0.1) is 5.69 Å². The van der Waals surface area contributed by atoms with Gasteiger partial charge in [-0.2, -0.15) is 0 Å². The Balaban J connectivity index is 1.66. The second-order valence-corrected chi connectivity index (χ2v) is 6.11. The summed E-state index contributed by atoms with van der Waals surface area (Å²) in [5, 5.41) is 3.22. The van der Waals surface area contributed by atoms with Crippen molar-refractivity contribution in [1.29, 1.82) is 0 Å². The molecule has 2 heterocycles. The Hall–Kier alpha value is -2.47. The second-order valence-electron chi connectivity index (χ2n) is 6.11. The molecule has 1 atom stereocenters. The van der Waals surface area contributed by atoms with E-state index in [0.29, 0.717) is 19.1 Å². The van der Waals surface area contributed by atoms with Crippen LogP contribution in [-0.2, 0) is 9.53 Å². The van der Waals surface area contributed by atoms with Gasteiger partial charge in [0.2, 0.25) is 11.9 Å². The number of hydrogen-bond donors (Lipinski definition) is 1. The molecule has 0 spiro atoms. The first-order valence-electron chi connectivity index (χ1n) is 8.77. The van der Waals surface area contributed by atoms with Crippen LogP contribution in [0.5, 0.6) is 0 Å². The maximum atomic E-state index is 12.2. The Labute approximate surface area is 148 Å². The minimum Gasteiger partial charge on any atom is -0.372 e. The molecule has 1 aliphatic heterocycles. The summed E-state index contributed by atoms with van der Waals surface area (Å²) in [5.74, 6) is 0.878. The van der Waals surface area contributed by atoms with Crippen molar-refractivity contribution in [3.8, 4) is 0 Å². The standard InChI is InChI=1S/C19H24N4O2/c1-2-25-14-18(24)23-12-6-7-15(13-23)17-10-11-20-19(22-17)21-16-8-4-3-5-9-16/h3-5,8-11,15H,2,6-7,12-14H2,1H3,(H,20,21,22)/t15-/m1/s1. The molecule has 1 aromatic carbocycles. The van der Waals surface area contributed by atoms with E-state index in [1.807, 2.05) is 48.2 Å². The number of benzene rings is 1. The Bertz CT molecular complexity index is 693. The van der Waals surface area contributed by atoms with Crippen LogP contribution in [0, 0.1) is 0 Å². The number of amides is 1. The number of para-hydroxylation sites is 1. The molecule has 6 heteroatoms. The molecule has 0 unspecified atom stereocenters. The summed E-state index contributed by atoms with van der Waals surface area (Å²) in [6.45, 7) is 4.10. The molecule has 0 radical (unpaired) electrons. The monoisotopic (exact) mass is 340 g/mol. The van der Waals surface area contributed by atoms with E-state index in [1.54, 1.807) is 6.20 Å². The lowest BCUT2D eigenvalue weighted by molar-refractivity contribution is -0.137. The van der Waals surface area contributed by atoms with E-state index in [2.05, 4.69) is 15.3 Å². The smallest absolute Gasteiger partial charge is 0.248 e. The van der Waals surface area contributed by atoms with Gasteiger partial charge in [0, 0.05) is 37.5 Å². The van der Waals surface area contributed by atoms with E-state index in [9.17, 15) is 4.79 Å². The molecule has 1 aromatic heterocycles. The van der Waals surface area contributed by atoms with Crippen LogP contribution in [0.3, 0.4) is 0 Å². The minimum atomic E-state index is 0.0586. The predicted molar refractivity (Wildman–Crippen MR) is 96.8 cm³/mol. The SMILES string of the molecule is CCOCC(=O)N1CCC[C@@H](c2ccnc(Nc3ccccc3)n2)C1. The number of rotatable bonds is 6. The number of nitrogens with one attached hydrogen (secondary N) is 1. The zero-order chi connectivity index (χ0) is 17.5. The molecule has 6 nitrogen and oxygen atoms in total.